The summed E-state index contributed by atoms with van der Waals surface area (Å²) in [7, 11) is 0. The van der Waals surface area contributed by atoms with Crippen molar-refractivity contribution in [1.29, 1.82) is 0 Å². The van der Waals surface area contributed by atoms with E-state index in [0.717, 1.165) is 15.8 Å². The molecule has 1 aromatic rings. The summed E-state index contributed by atoms with van der Waals surface area (Å²) in [6.07, 6.45) is 4.06. The number of thiophene rings is 1. The summed E-state index contributed by atoms with van der Waals surface area (Å²) in [5.41, 5.74) is 7.35. The van der Waals surface area contributed by atoms with Crippen LogP contribution in [0.25, 0.3) is 0 Å². The summed E-state index contributed by atoms with van der Waals surface area (Å²) in [5, 5.41) is 2.02. The lowest BCUT2D eigenvalue weighted by molar-refractivity contribution is 0.193. The number of nitrogens with two attached hydrogens (primary N) is 1. The third kappa shape index (κ3) is 1.83. The van der Waals surface area contributed by atoms with Gasteiger partial charge in [-0.1, -0.05) is 37.8 Å². The highest BCUT2D eigenvalue weighted by Crippen LogP contribution is 2.40. The van der Waals surface area contributed by atoms with Crippen molar-refractivity contribution in [2.24, 2.45) is 17.6 Å². The first-order valence-electron chi connectivity index (χ1n) is 5.18. The van der Waals surface area contributed by atoms with Gasteiger partial charge < -0.3 is 5.73 Å². The van der Waals surface area contributed by atoms with Crippen molar-refractivity contribution in [1.82, 2.24) is 0 Å². The standard InChI is InChI=1S/C11H16ClNS/c1-7(8-3-2-4-8)10(13)9-5-6-14-11(9)12/h5-8,10H,2-4,13H2,1H3. The van der Waals surface area contributed by atoms with Crippen molar-refractivity contribution in [3.05, 3.63) is 21.3 Å². The largest absolute Gasteiger partial charge is 0.324 e. The molecule has 2 rings (SSSR count). The molecule has 0 spiro atoms. The zero-order chi connectivity index (χ0) is 10.1. The van der Waals surface area contributed by atoms with Gasteiger partial charge in [-0.2, -0.15) is 0 Å². The zero-order valence-corrected chi connectivity index (χ0v) is 9.94. The van der Waals surface area contributed by atoms with E-state index in [1.165, 1.54) is 19.3 Å². The van der Waals surface area contributed by atoms with Crippen LogP contribution in [0.5, 0.6) is 0 Å². The zero-order valence-electron chi connectivity index (χ0n) is 8.37. The molecule has 0 aliphatic heterocycles. The Labute approximate surface area is 94.3 Å². The molecule has 2 N–H and O–H groups in total. The smallest absolute Gasteiger partial charge is 0.0976 e. The summed E-state index contributed by atoms with van der Waals surface area (Å²) >= 11 is 7.66. The van der Waals surface area contributed by atoms with Crippen molar-refractivity contribution < 1.29 is 0 Å². The molecular formula is C11H16ClNS. The molecule has 0 bridgehead atoms. The Morgan fingerprint density at radius 1 is 1.57 bits per heavy atom. The monoisotopic (exact) mass is 229 g/mol. The van der Waals surface area contributed by atoms with Crippen molar-refractivity contribution in [2.75, 3.05) is 0 Å². The lowest BCUT2D eigenvalue weighted by atomic mass is 9.73. The van der Waals surface area contributed by atoms with Crippen LogP contribution in [0.2, 0.25) is 4.34 Å². The molecule has 1 aliphatic carbocycles. The van der Waals surface area contributed by atoms with Gasteiger partial charge in [-0.3, -0.25) is 0 Å². The first-order chi connectivity index (χ1) is 6.70. The van der Waals surface area contributed by atoms with Gasteiger partial charge in [-0.15, -0.1) is 11.3 Å². The molecule has 14 heavy (non-hydrogen) atoms. The second-order valence-corrected chi connectivity index (χ2v) is 5.74. The molecule has 78 valence electrons. The molecule has 2 atom stereocenters. The van der Waals surface area contributed by atoms with Gasteiger partial charge in [0.2, 0.25) is 0 Å². The Morgan fingerprint density at radius 2 is 2.29 bits per heavy atom. The van der Waals surface area contributed by atoms with E-state index in [9.17, 15) is 0 Å². The third-order valence-electron chi connectivity index (χ3n) is 3.47. The highest BCUT2D eigenvalue weighted by atomic mass is 35.5. The quantitative estimate of drug-likeness (QED) is 0.838. The SMILES string of the molecule is CC(C1CCC1)C(N)c1ccsc1Cl. The minimum Gasteiger partial charge on any atom is -0.324 e. The van der Waals surface area contributed by atoms with E-state index in [0.29, 0.717) is 5.92 Å². The minimum atomic E-state index is 0.124. The van der Waals surface area contributed by atoms with Crippen LogP contribution in [0.15, 0.2) is 11.4 Å². The molecule has 1 heterocycles. The first-order valence-corrected chi connectivity index (χ1v) is 6.44. The molecule has 0 amide bonds. The fourth-order valence-corrected chi connectivity index (χ4v) is 3.10. The molecule has 2 unspecified atom stereocenters. The average Bonchev–Trinajstić information content (AvgIpc) is 2.47. The van der Waals surface area contributed by atoms with Crippen LogP contribution in [0, 0.1) is 11.8 Å². The van der Waals surface area contributed by atoms with Crippen LogP contribution in [0.3, 0.4) is 0 Å². The second kappa shape index (κ2) is 4.21. The molecule has 1 aromatic heterocycles. The topological polar surface area (TPSA) is 26.0 Å². The molecule has 1 saturated carbocycles. The lowest BCUT2D eigenvalue weighted by Crippen LogP contribution is -2.29. The first kappa shape index (κ1) is 10.5. The highest BCUT2D eigenvalue weighted by molar-refractivity contribution is 7.14. The van der Waals surface area contributed by atoms with Gasteiger partial charge in [0.1, 0.15) is 0 Å². The van der Waals surface area contributed by atoms with Crippen molar-refractivity contribution in [3.8, 4) is 0 Å². The van der Waals surface area contributed by atoms with Crippen molar-refractivity contribution in [2.45, 2.75) is 32.2 Å². The number of hydrogen-bond acceptors (Lipinski definition) is 2. The van der Waals surface area contributed by atoms with Gasteiger partial charge >= 0.3 is 0 Å². The Balaban J connectivity index is 2.07. The molecule has 0 saturated heterocycles. The maximum Gasteiger partial charge on any atom is 0.0976 e. The normalized spacial score (nSPS) is 21.6. The molecular weight excluding hydrogens is 214 g/mol. The van der Waals surface area contributed by atoms with Crippen LogP contribution in [0.4, 0.5) is 0 Å². The molecule has 3 heteroatoms. The number of halogens is 1. The molecule has 1 aliphatic rings. The van der Waals surface area contributed by atoms with E-state index in [4.69, 9.17) is 17.3 Å². The van der Waals surface area contributed by atoms with Crippen LogP contribution in [-0.4, -0.2) is 0 Å². The van der Waals surface area contributed by atoms with Gasteiger partial charge in [0.15, 0.2) is 0 Å². The van der Waals surface area contributed by atoms with Crippen LogP contribution >= 0.6 is 22.9 Å². The van der Waals surface area contributed by atoms with E-state index in [2.05, 4.69) is 13.0 Å². The predicted molar refractivity (Wildman–Crippen MR) is 62.8 cm³/mol. The summed E-state index contributed by atoms with van der Waals surface area (Å²) in [5.74, 6) is 1.39. The van der Waals surface area contributed by atoms with Gasteiger partial charge in [0, 0.05) is 6.04 Å². The Kier molecular flexibility index (Phi) is 3.15. The van der Waals surface area contributed by atoms with E-state index in [1.54, 1.807) is 11.3 Å². The molecule has 1 nitrogen and oxygen atoms in total. The fourth-order valence-electron chi connectivity index (χ4n) is 2.08. The summed E-state index contributed by atoms with van der Waals surface area (Å²) in [6.45, 7) is 2.25. The second-order valence-electron chi connectivity index (χ2n) is 4.23. The molecule has 1 fully saturated rings. The van der Waals surface area contributed by atoms with Gasteiger partial charge in [-0.25, -0.2) is 0 Å². The average molecular weight is 230 g/mol. The Bertz CT molecular complexity index is 306. The molecule has 0 radical (unpaired) electrons. The van der Waals surface area contributed by atoms with E-state index in [-0.39, 0.29) is 6.04 Å². The van der Waals surface area contributed by atoms with Crippen molar-refractivity contribution in [3.63, 3.8) is 0 Å². The predicted octanol–water partition coefficient (Wildman–Crippen LogP) is 3.84. The fraction of sp³-hybridized carbons (Fsp3) is 0.636. The summed E-state index contributed by atoms with van der Waals surface area (Å²) in [4.78, 5) is 0. The Hall–Kier alpha value is -0.0500. The lowest BCUT2D eigenvalue weighted by Gasteiger charge is -2.34. The number of hydrogen-bond donors (Lipinski definition) is 1. The van der Waals surface area contributed by atoms with Crippen LogP contribution < -0.4 is 5.73 Å². The molecule has 0 aromatic carbocycles. The number of rotatable bonds is 3. The third-order valence-corrected chi connectivity index (χ3v) is 4.67. The van der Waals surface area contributed by atoms with E-state index in [1.807, 2.05) is 5.38 Å². The van der Waals surface area contributed by atoms with E-state index >= 15 is 0 Å². The van der Waals surface area contributed by atoms with Gasteiger partial charge in [-0.05, 0) is 28.8 Å². The van der Waals surface area contributed by atoms with Crippen molar-refractivity contribution >= 4 is 22.9 Å². The minimum absolute atomic E-state index is 0.124. The maximum absolute atomic E-state index is 6.22. The Morgan fingerprint density at radius 3 is 2.71 bits per heavy atom. The summed E-state index contributed by atoms with van der Waals surface area (Å²) in [6, 6.07) is 2.19. The van der Waals surface area contributed by atoms with E-state index < -0.39 is 0 Å². The highest BCUT2D eigenvalue weighted by Gasteiger charge is 2.29. The summed E-state index contributed by atoms with van der Waals surface area (Å²) < 4.78 is 0.865. The van der Waals surface area contributed by atoms with Gasteiger partial charge in [0.25, 0.3) is 0 Å². The maximum atomic E-state index is 6.22. The van der Waals surface area contributed by atoms with Gasteiger partial charge in [0.05, 0.1) is 4.34 Å². The van der Waals surface area contributed by atoms with Crippen LogP contribution in [0.1, 0.15) is 37.8 Å². The van der Waals surface area contributed by atoms with Crippen LogP contribution in [-0.2, 0) is 0 Å².